The van der Waals surface area contributed by atoms with Gasteiger partial charge in [0, 0.05) is 28.6 Å². The molecular formula is C21H18ClN5O2S2. The molecule has 4 rings (SSSR count). The number of nitrogens with zero attached hydrogens (tertiary/aromatic N) is 4. The van der Waals surface area contributed by atoms with E-state index in [1.807, 2.05) is 65.5 Å². The maximum absolute atomic E-state index is 12.4. The Hall–Kier alpha value is -2.88. The van der Waals surface area contributed by atoms with Crippen LogP contribution in [0.15, 0.2) is 59.1 Å². The number of anilines is 1. The smallest absolute Gasteiger partial charge is 0.236 e. The van der Waals surface area contributed by atoms with Crippen molar-refractivity contribution in [2.45, 2.75) is 5.16 Å². The number of thioether (sulfide) groups is 1. The van der Waals surface area contributed by atoms with Gasteiger partial charge in [-0.05, 0) is 36.4 Å². The molecule has 0 saturated heterocycles. The van der Waals surface area contributed by atoms with E-state index in [1.165, 1.54) is 23.1 Å². The zero-order valence-corrected chi connectivity index (χ0v) is 19.1. The Morgan fingerprint density at radius 2 is 1.84 bits per heavy atom. The maximum atomic E-state index is 12.4. The van der Waals surface area contributed by atoms with Gasteiger partial charge in [-0.2, -0.15) is 0 Å². The number of hydrogen-bond acceptors (Lipinski definition) is 7. The van der Waals surface area contributed by atoms with Gasteiger partial charge in [-0.25, -0.2) is 4.98 Å². The summed E-state index contributed by atoms with van der Waals surface area (Å²) in [4.78, 5) is 16.9. The molecule has 1 amide bonds. The van der Waals surface area contributed by atoms with Crippen LogP contribution in [0.2, 0.25) is 5.02 Å². The molecule has 158 valence electrons. The zero-order valence-electron chi connectivity index (χ0n) is 16.7. The van der Waals surface area contributed by atoms with E-state index in [0.29, 0.717) is 15.3 Å². The zero-order chi connectivity index (χ0) is 21.8. The number of aromatic nitrogens is 4. The Bertz CT molecular complexity index is 1190. The molecule has 0 radical (unpaired) electrons. The van der Waals surface area contributed by atoms with Gasteiger partial charge in [-0.3, -0.25) is 4.79 Å². The SMILES string of the molecule is COc1ccc(-c2nnc(SCC(=O)Nc3nc(-c4ccc(Cl)cc4)cs3)n2C)cc1. The number of benzene rings is 2. The second kappa shape index (κ2) is 9.51. The summed E-state index contributed by atoms with van der Waals surface area (Å²) in [5.74, 6) is 1.54. The van der Waals surface area contributed by atoms with Crippen LogP contribution in [0.5, 0.6) is 5.75 Å². The molecule has 2 aromatic heterocycles. The minimum absolute atomic E-state index is 0.156. The molecule has 0 atom stereocenters. The fraction of sp³-hybridized carbons (Fsp3) is 0.143. The Morgan fingerprint density at radius 3 is 2.55 bits per heavy atom. The number of amides is 1. The van der Waals surface area contributed by atoms with Gasteiger partial charge in [0.25, 0.3) is 0 Å². The molecule has 0 spiro atoms. The topological polar surface area (TPSA) is 81.9 Å². The van der Waals surface area contributed by atoms with E-state index in [9.17, 15) is 4.79 Å². The molecule has 1 N–H and O–H groups in total. The molecule has 0 aliphatic rings. The minimum atomic E-state index is -0.156. The Labute approximate surface area is 192 Å². The van der Waals surface area contributed by atoms with Crippen LogP contribution in [0.4, 0.5) is 5.13 Å². The monoisotopic (exact) mass is 471 g/mol. The molecule has 10 heteroatoms. The number of rotatable bonds is 7. The van der Waals surface area contributed by atoms with Crippen LogP contribution in [-0.4, -0.2) is 38.5 Å². The van der Waals surface area contributed by atoms with Gasteiger partial charge in [-0.1, -0.05) is 35.5 Å². The fourth-order valence-corrected chi connectivity index (χ4v) is 4.37. The summed E-state index contributed by atoms with van der Waals surface area (Å²) < 4.78 is 7.05. The second-order valence-electron chi connectivity index (χ2n) is 6.48. The Morgan fingerprint density at radius 1 is 1.13 bits per heavy atom. The van der Waals surface area contributed by atoms with Crippen LogP contribution in [-0.2, 0) is 11.8 Å². The molecule has 0 aliphatic carbocycles. The molecule has 0 unspecified atom stereocenters. The standard InChI is InChI=1S/C21H18ClN5O2S2/c1-27-19(14-5-9-16(29-2)10-6-14)25-26-21(27)31-12-18(28)24-20-23-17(11-30-20)13-3-7-15(22)8-4-13/h3-11H,12H2,1-2H3,(H,23,24,28). The molecule has 0 fully saturated rings. The van der Waals surface area contributed by atoms with Crippen LogP contribution >= 0.6 is 34.7 Å². The van der Waals surface area contributed by atoms with Gasteiger partial charge in [0.15, 0.2) is 16.1 Å². The summed E-state index contributed by atoms with van der Waals surface area (Å²) in [6.07, 6.45) is 0. The minimum Gasteiger partial charge on any atom is -0.497 e. The first-order valence-electron chi connectivity index (χ1n) is 9.21. The highest BCUT2D eigenvalue weighted by molar-refractivity contribution is 7.99. The van der Waals surface area contributed by atoms with Crippen molar-refractivity contribution >= 4 is 45.7 Å². The summed E-state index contributed by atoms with van der Waals surface area (Å²) in [6.45, 7) is 0. The lowest BCUT2D eigenvalue weighted by Gasteiger charge is -2.05. The third-order valence-electron chi connectivity index (χ3n) is 4.41. The molecule has 0 bridgehead atoms. The first-order chi connectivity index (χ1) is 15.0. The lowest BCUT2D eigenvalue weighted by Crippen LogP contribution is -2.14. The fourth-order valence-electron chi connectivity index (χ4n) is 2.80. The molecular weight excluding hydrogens is 454 g/mol. The highest BCUT2D eigenvalue weighted by Gasteiger charge is 2.14. The van der Waals surface area contributed by atoms with Crippen molar-refractivity contribution in [2.75, 3.05) is 18.2 Å². The molecule has 4 aromatic rings. The third-order valence-corrected chi connectivity index (χ3v) is 6.44. The summed E-state index contributed by atoms with van der Waals surface area (Å²) in [5.41, 5.74) is 2.66. The van der Waals surface area contributed by atoms with Gasteiger partial charge in [0.1, 0.15) is 5.75 Å². The Balaban J connectivity index is 1.36. The lowest BCUT2D eigenvalue weighted by molar-refractivity contribution is -0.113. The second-order valence-corrected chi connectivity index (χ2v) is 8.71. The van der Waals surface area contributed by atoms with Crippen molar-refractivity contribution in [1.82, 2.24) is 19.7 Å². The predicted octanol–water partition coefficient (Wildman–Crippen LogP) is 5.00. The quantitative estimate of drug-likeness (QED) is 0.382. The van der Waals surface area contributed by atoms with E-state index in [1.54, 1.807) is 7.11 Å². The van der Waals surface area contributed by atoms with Crippen molar-refractivity contribution in [3.8, 4) is 28.4 Å². The lowest BCUT2D eigenvalue weighted by atomic mass is 10.2. The first kappa shape index (κ1) is 21.4. The van der Waals surface area contributed by atoms with Crippen LogP contribution in [0.1, 0.15) is 0 Å². The highest BCUT2D eigenvalue weighted by atomic mass is 35.5. The number of thiazole rings is 1. The van der Waals surface area contributed by atoms with Crippen LogP contribution < -0.4 is 10.1 Å². The maximum Gasteiger partial charge on any atom is 0.236 e. The number of ether oxygens (including phenoxy) is 1. The average molecular weight is 472 g/mol. The molecule has 0 aliphatic heterocycles. The van der Waals surface area contributed by atoms with E-state index >= 15 is 0 Å². The number of carbonyl (C=O) groups is 1. The van der Waals surface area contributed by atoms with E-state index in [0.717, 1.165) is 28.4 Å². The predicted molar refractivity (Wildman–Crippen MR) is 125 cm³/mol. The van der Waals surface area contributed by atoms with Gasteiger partial charge in [-0.15, -0.1) is 21.5 Å². The third kappa shape index (κ3) is 5.07. The van der Waals surface area contributed by atoms with Crippen molar-refractivity contribution in [1.29, 1.82) is 0 Å². The molecule has 31 heavy (non-hydrogen) atoms. The van der Waals surface area contributed by atoms with E-state index in [4.69, 9.17) is 16.3 Å². The normalized spacial score (nSPS) is 10.8. The van der Waals surface area contributed by atoms with Gasteiger partial charge in [0.05, 0.1) is 18.6 Å². The molecule has 0 saturated carbocycles. The number of hydrogen-bond donors (Lipinski definition) is 1. The number of nitrogens with one attached hydrogen (secondary N) is 1. The van der Waals surface area contributed by atoms with Gasteiger partial charge >= 0.3 is 0 Å². The number of halogens is 1. The van der Waals surface area contributed by atoms with Crippen molar-refractivity contribution in [3.63, 3.8) is 0 Å². The Kier molecular flexibility index (Phi) is 6.55. The van der Waals surface area contributed by atoms with Gasteiger partial charge < -0.3 is 14.6 Å². The number of carbonyl (C=O) groups excluding carboxylic acids is 1. The van der Waals surface area contributed by atoms with Gasteiger partial charge in [0.2, 0.25) is 5.91 Å². The summed E-state index contributed by atoms with van der Waals surface area (Å²) in [7, 11) is 3.50. The summed E-state index contributed by atoms with van der Waals surface area (Å²) in [5, 5.41) is 15.1. The average Bonchev–Trinajstić information content (AvgIpc) is 3.39. The van der Waals surface area contributed by atoms with E-state index in [2.05, 4.69) is 20.5 Å². The molecule has 2 heterocycles. The van der Waals surface area contributed by atoms with Crippen molar-refractivity contribution in [3.05, 3.63) is 58.9 Å². The number of methoxy groups -OCH3 is 1. The van der Waals surface area contributed by atoms with E-state index < -0.39 is 0 Å². The van der Waals surface area contributed by atoms with Crippen LogP contribution in [0, 0.1) is 0 Å². The first-order valence-corrected chi connectivity index (χ1v) is 11.5. The van der Waals surface area contributed by atoms with Crippen molar-refractivity contribution < 1.29 is 9.53 Å². The summed E-state index contributed by atoms with van der Waals surface area (Å²) in [6, 6.07) is 15.0. The van der Waals surface area contributed by atoms with Crippen LogP contribution in [0.3, 0.4) is 0 Å². The highest BCUT2D eigenvalue weighted by Crippen LogP contribution is 2.27. The summed E-state index contributed by atoms with van der Waals surface area (Å²) >= 11 is 8.62. The molecule has 7 nitrogen and oxygen atoms in total. The van der Waals surface area contributed by atoms with E-state index in [-0.39, 0.29) is 11.7 Å². The van der Waals surface area contributed by atoms with Crippen LogP contribution in [0.25, 0.3) is 22.6 Å². The molecule has 2 aromatic carbocycles. The van der Waals surface area contributed by atoms with Crippen molar-refractivity contribution in [2.24, 2.45) is 7.05 Å². The largest absolute Gasteiger partial charge is 0.497 e.